The standard InChI is InChI=1S/C21H24N2O4/c1-2-9-18(23-20(25)17-12-7-4-8-13-17)21(26)27-15-19(24)22-14-16-10-5-3-6-11-16/h3-8,10-13,18H,2,9,14-15H2,1H3,(H,22,24)(H,23,25). The van der Waals surface area contributed by atoms with Crippen molar-refractivity contribution < 1.29 is 19.1 Å². The largest absolute Gasteiger partial charge is 0.454 e. The van der Waals surface area contributed by atoms with Crippen LogP contribution in [0.4, 0.5) is 0 Å². The summed E-state index contributed by atoms with van der Waals surface area (Å²) in [5, 5.41) is 5.36. The average Bonchev–Trinajstić information content (AvgIpc) is 2.71. The Morgan fingerprint density at radius 1 is 0.963 bits per heavy atom. The second kappa shape index (κ2) is 10.8. The third-order valence-electron chi connectivity index (χ3n) is 3.88. The van der Waals surface area contributed by atoms with E-state index in [1.165, 1.54) is 0 Å². The summed E-state index contributed by atoms with van der Waals surface area (Å²) in [7, 11) is 0. The second-order valence-electron chi connectivity index (χ2n) is 6.05. The smallest absolute Gasteiger partial charge is 0.329 e. The molecule has 142 valence electrons. The van der Waals surface area contributed by atoms with Gasteiger partial charge in [-0.15, -0.1) is 0 Å². The molecule has 1 atom stereocenters. The Balaban J connectivity index is 1.81. The maximum atomic E-state index is 12.3. The molecule has 0 spiro atoms. The van der Waals surface area contributed by atoms with Gasteiger partial charge in [0.15, 0.2) is 6.61 Å². The van der Waals surface area contributed by atoms with Crippen LogP contribution in [-0.4, -0.2) is 30.4 Å². The first kappa shape index (κ1) is 20.2. The highest BCUT2D eigenvalue weighted by Crippen LogP contribution is 2.04. The maximum Gasteiger partial charge on any atom is 0.329 e. The third kappa shape index (κ3) is 6.93. The van der Waals surface area contributed by atoms with Crippen LogP contribution >= 0.6 is 0 Å². The molecule has 2 amide bonds. The molecule has 0 fully saturated rings. The highest BCUT2D eigenvalue weighted by molar-refractivity contribution is 5.96. The normalized spacial score (nSPS) is 11.3. The van der Waals surface area contributed by atoms with Crippen molar-refractivity contribution in [1.82, 2.24) is 10.6 Å². The van der Waals surface area contributed by atoms with Crippen LogP contribution in [-0.2, 0) is 20.9 Å². The highest BCUT2D eigenvalue weighted by Gasteiger charge is 2.22. The van der Waals surface area contributed by atoms with Gasteiger partial charge >= 0.3 is 5.97 Å². The van der Waals surface area contributed by atoms with E-state index < -0.39 is 17.9 Å². The van der Waals surface area contributed by atoms with E-state index in [1.54, 1.807) is 24.3 Å². The van der Waals surface area contributed by atoms with Crippen molar-refractivity contribution in [2.45, 2.75) is 32.4 Å². The summed E-state index contributed by atoms with van der Waals surface area (Å²) >= 11 is 0. The fourth-order valence-electron chi connectivity index (χ4n) is 2.45. The molecule has 0 bridgehead atoms. The van der Waals surface area contributed by atoms with Crippen LogP contribution in [0.25, 0.3) is 0 Å². The van der Waals surface area contributed by atoms with Crippen LogP contribution < -0.4 is 10.6 Å². The number of amides is 2. The van der Waals surface area contributed by atoms with Gasteiger partial charge in [-0.2, -0.15) is 0 Å². The van der Waals surface area contributed by atoms with E-state index in [9.17, 15) is 14.4 Å². The number of hydrogen-bond acceptors (Lipinski definition) is 4. The van der Waals surface area contributed by atoms with E-state index in [2.05, 4.69) is 10.6 Å². The number of carbonyl (C=O) groups is 3. The predicted molar refractivity (Wildman–Crippen MR) is 102 cm³/mol. The SMILES string of the molecule is CCCC(NC(=O)c1ccccc1)C(=O)OCC(=O)NCc1ccccc1. The molecule has 0 radical (unpaired) electrons. The molecule has 2 aromatic carbocycles. The van der Waals surface area contributed by atoms with Crippen LogP contribution in [0.3, 0.4) is 0 Å². The van der Waals surface area contributed by atoms with Crippen molar-refractivity contribution in [2.75, 3.05) is 6.61 Å². The van der Waals surface area contributed by atoms with Crippen molar-refractivity contribution in [3.05, 3.63) is 71.8 Å². The van der Waals surface area contributed by atoms with Crippen LogP contribution in [0.1, 0.15) is 35.7 Å². The van der Waals surface area contributed by atoms with Gasteiger partial charge in [-0.3, -0.25) is 9.59 Å². The van der Waals surface area contributed by atoms with Crippen LogP contribution in [0.2, 0.25) is 0 Å². The number of ether oxygens (including phenoxy) is 1. The Morgan fingerprint density at radius 3 is 2.22 bits per heavy atom. The molecule has 6 heteroatoms. The number of nitrogens with one attached hydrogen (secondary N) is 2. The van der Waals surface area contributed by atoms with Crippen molar-refractivity contribution in [3.8, 4) is 0 Å². The minimum Gasteiger partial charge on any atom is -0.454 e. The van der Waals surface area contributed by atoms with Gasteiger partial charge in [0.25, 0.3) is 11.8 Å². The molecule has 0 aliphatic carbocycles. The van der Waals surface area contributed by atoms with Crippen molar-refractivity contribution in [2.24, 2.45) is 0 Å². The maximum absolute atomic E-state index is 12.3. The summed E-state index contributed by atoms with van der Waals surface area (Å²) in [5.74, 6) is -1.35. The van der Waals surface area contributed by atoms with Gasteiger partial charge in [-0.25, -0.2) is 4.79 Å². The molecule has 27 heavy (non-hydrogen) atoms. The summed E-state index contributed by atoms with van der Waals surface area (Å²) in [6, 6.07) is 17.3. The summed E-state index contributed by atoms with van der Waals surface area (Å²) in [4.78, 5) is 36.4. The molecule has 0 heterocycles. The molecular formula is C21H24N2O4. The molecule has 0 saturated heterocycles. The molecule has 2 N–H and O–H groups in total. The Hall–Kier alpha value is -3.15. The zero-order chi connectivity index (χ0) is 19.5. The fourth-order valence-corrected chi connectivity index (χ4v) is 2.45. The van der Waals surface area contributed by atoms with Crippen molar-refractivity contribution in [3.63, 3.8) is 0 Å². The fraction of sp³-hybridized carbons (Fsp3) is 0.286. The molecule has 0 aromatic heterocycles. The van der Waals surface area contributed by atoms with E-state index in [4.69, 9.17) is 4.74 Å². The van der Waals surface area contributed by atoms with Crippen molar-refractivity contribution in [1.29, 1.82) is 0 Å². The van der Waals surface area contributed by atoms with Gasteiger partial charge in [0.05, 0.1) is 0 Å². The van der Waals surface area contributed by atoms with Crippen LogP contribution in [0.15, 0.2) is 60.7 Å². The molecule has 0 aliphatic rings. The van der Waals surface area contributed by atoms with E-state index in [0.717, 1.165) is 5.56 Å². The Kier molecular flexibility index (Phi) is 8.03. The van der Waals surface area contributed by atoms with Gasteiger partial charge in [-0.05, 0) is 24.1 Å². The first-order chi connectivity index (χ1) is 13.1. The molecule has 2 rings (SSSR count). The monoisotopic (exact) mass is 368 g/mol. The number of rotatable bonds is 9. The highest BCUT2D eigenvalue weighted by atomic mass is 16.5. The molecular weight excluding hydrogens is 344 g/mol. The topological polar surface area (TPSA) is 84.5 Å². The first-order valence-corrected chi connectivity index (χ1v) is 8.93. The van der Waals surface area contributed by atoms with Crippen LogP contribution in [0.5, 0.6) is 0 Å². The Labute approximate surface area is 158 Å². The lowest BCUT2D eigenvalue weighted by Crippen LogP contribution is -2.42. The predicted octanol–water partition coefficient (Wildman–Crippen LogP) is 2.44. The summed E-state index contributed by atoms with van der Waals surface area (Å²) in [6.07, 6.45) is 1.12. The van der Waals surface area contributed by atoms with Gasteiger partial charge < -0.3 is 15.4 Å². The second-order valence-corrected chi connectivity index (χ2v) is 6.05. The Morgan fingerprint density at radius 2 is 1.59 bits per heavy atom. The number of esters is 1. The summed E-state index contributed by atoms with van der Waals surface area (Å²) in [6.45, 7) is 1.88. The van der Waals surface area contributed by atoms with E-state index >= 15 is 0 Å². The molecule has 2 aromatic rings. The van der Waals surface area contributed by atoms with E-state index in [1.807, 2.05) is 43.3 Å². The number of benzene rings is 2. The first-order valence-electron chi connectivity index (χ1n) is 8.93. The molecule has 0 aliphatic heterocycles. The van der Waals surface area contributed by atoms with E-state index in [-0.39, 0.29) is 12.5 Å². The quantitative estimate of drug-likeness (QED) is 0.666. The summed E-state index contributed by atoms with van der Waals surface area (Å²) < 4.78 is 5.08. The third-order valence-corrected chi connectivity index (χ3v) is 3.88. The van der Waals surface area contributed by atoms with Crippen LogP contribution in [0, 0.1) is 0 Å². The minimum atomic E-state index is -0.787. The summed E-state index contributed by atoms with van der Waals surface area (Å²) in [5.41, 5.74) is 1.42. The van der Waals surface area contributed by atoms with Crippen molar-refractivity contribution >= 4 is 17.8 Å². The molecule has 6 nitrogen and oxygen atoms in total. The lowest BCUT2D eigenvalue weighted by molar-refractivity contribution is -0.150. The Bertz CT molecular complexity index is 747. The molecule has 1 unspecified atom stereocenters. The average molecular weight is 368 g/mol. The number of hydrogen-bond donors (Lipinski definition) is 2. The van der Waals surface area contributed by atoms with Gasteiger partial charge in [-0.1, -0.05) is 61.9 Å². The van der Waals surface area contributed by atoms with E-state index in [0.29, 0.717) is 24.9 Å². The van der Waals surface area contributed by atoms with Gasteiger partial charge in [0.1, 0.15) is 6.04 Å². The molecule has 0 saturated carbocycles. The number of carbonyl (C=O) groups excluding carboxylic acids is 3. The lowest BCUT2D eigenvalue weighted by atomic mass is 10.1. The zero-order valence-electron chi connectivity index (χ0n) is 15.3. The lowest BCUT2D eigenvalue weighted by Gasteiger charge is -2.17. The van der Waals surface area contributed by atoms with Gasteiger partial charge in [0, 0.05) is 12.1 Å². The minimum absolute atomic E-state index is 0.348. The van der Waals surface area contributed by atoms with Gasteiger partial charge in [0.2, 0.25) is 0 Å². The zero-order valence-corrected chi connectivity index (χ0v) is 15.3.